The topological polar surface area (TPSA) is 57.2 Å². The van der Waals surface area contributed by atoms with Gasteiger partial charge in [0.2, 0.25) is 5.95 Å². The molecule has 2 aromatic heterocycles. The van der Waals surface area contributed by atoms with E-state index >= 15 is 0 Å². The average molecular weight is 391 g/mol. The van der Waals surface area contributed by atoms with Crippen molar-refractivity contribution in [2.45, 2.75) is 27.2 Å². The normalized spacial score (nSPS) is 10.6. The highest BCUT2D eigenvalue weighted by molar-refractivity contribution is 5.60. The Balaban J connectivity index is 1.68. The standard InChI is InChI=1S/C23H30N6/c1-5-29(6-2)21-9-7-20(8-10-21)26-23-25-18(3)17-22(27-23)28(4)16-13-19-11-14-24-15-12-19/h7-12,14-15,17H,5-6,13,16H2,1-4H3,(H,25,26,27). The van der Waals surface area contributed by atoms with E-state index in [4.69, 9.17) is 4.98 Å². The monoisotopic (exact) mass is 390 g/mol. The highest BCUT2D eigenvalue weighted by Gasteiger charge is 2.08. The van der Waals surface area contributed by atoms with Crippen LogP contribution in [0.1, 0.15) is 25.1 Å². The van der Waals surface area contributed by atoms with E-state index in [2.05, 4.69) is 70.2 Å². The first-order chi connectivity index (χ1) is 14.1. The van der Waals surface area contributed by atoms with Gasteiger partial charge in [0.1, 0.15) is 5.82 Å². The van der Waals surface area contributed by atoms with Crippen LogP contribution < -0.4 is 15.1 Å². The highest BCUT2D eigenvalue weighted by Crippen LogP contribution is 2.21. The minimum atomic E-state index is 0.617. The fraction of sp³-hybridized carbons (Fsp3) is 0.348. The van der Waals surface area contributed by atoms with E-state index in [9.17, 15) is 0 Å². The minimum Gasteiger partial charge on any atom is -0.372 e. The molecule has 29 heavy (non-hydrogen) atoms. The van der Waals surface area contributed by atoms with Crippen LogP contribution in [0.15, 0.2) is 54.9 Å². The van der Waals surface area contributed by atoms with Gasteiger partial charge < -0.3 is 15.1 Å². The number of pyridine rings is 1. The number of benzene rings is 1. The van der Waals surface area contributed by atoms with Crippen molar-refractivity contribution in [3.05, 3.63) is 66.1 Å². The number of hydrogen-bond donors (Lipinski definition) is 1. The van der Waals surface area contributed by atoms with Gasteiger partial charge in [-0.15, -0.1) is 0 Å². The Kier molecular flexibility index (Phi) is 7.00. The Hall–Kier alpha value is -3.15. The van der Waals surface area contributed by atoms with E-state index < -0.39 is 0 Å². The molecule has 3 rings (SSSR count). The second-order valence-corrected chi connectivity index (χ2v) is 7.06. The first kappa shape index (κ1) is 20.6. The van der Waals surface area contributed by atoms with Crippen LogP contribution in [0.25, 0.3) is 0 Å². The minimum absolute atomic E-state index is 0.617. The maximum atomic E-state index is 4.71. The van der Waals surface area contributed by atoms with Gasteiger partial charge in [-0.25, -0.2) is 4.98 Å². The summed E-state index contributed by atoms with van der Waals surface area (Å²) >= 11 is 0. The molecule has 6 heteroatoms. The van der Waals surface area contributed by atoms with Crippen molar-refractivity contribution in [2.24, 2.45) is 0 Å². The quantitative estimate of drug-likeness (QED) is 0.583. The predicted octanol–water partition coefficient (Wildman–Crippen LogP) is 4.45. The van der Waals surface area contributed by atoms with Crippen LogP contribution in [-0.2, 0) is 6.42 Å². The van der Waals surface area contributed by atoms with E-state index in [1.165, 1.54) is 11.3 Å². The van der Waals surface area contributed by atoms with Crippen LogP contribution in [0.4, 0.5) is 23.1 Å². The SMILES string of the molecule is CCN(CC)c1ccc(Nc2nc(C)cc(N(C)CCc3ccncc3)n2)cc1. The lowest BCUT2D eigenvalue weighted by molar-refractivity contribution is 0.853. The van der Waals surface area contributed by atoms with Crippen molar-refractivity contribution < 1.29 is 0 Å². The summed E-state index contributed by atoms with van der Waals surface area (Å²) in [7, 11) is 2.06. The smallest absolute Gasteiger partial charge is 0.229 e. The molecule has 6 nitrogen and oxygen atoms in total. The number of anilines is 4. The van der Waals surface area contributed by atoms with Gasteiger partial charge in [0, 0.05) is 62.2 Å². The maximum Gasteiger partial charge on any atom is 0.229 e. The second kappa shape index (κ2) is 9.87. The Labute approximate surface area is 173 Å². The van der Waals surface area contributed by atoms with Gasteiger partial charge in [-0.3, -0.25) is 4.98 Å². The summed E-state index contributed by atoms with van der Waals surface area (Å²) in [4.78, 5) is 17.8. The Bertz CT molecular complexity index is 891. The molecule has 152 valence electrons. The van der Waals surface area contributed by atoms with E-state index in [0.717, 1.165) is 43.3 Å². The molecule has 0 fully saturated rings. The summed E-state index contributed by atoms with van der Waals surface area (Å²) in [5.41, 5.74) is 4.41. The van der Waals surface area contributed by atoms with E-state index in [0.29, 0.717) is 5.95 Å². The Morgan fingerprint density at radius 3 is 2.28 bits per heavy atom. The molecule has 0 saturated carbocycles. The van der Waals surface area contributed by atoms with E-state index in [-0.39, 0.29) is 0 Å². The molecule has 3 aromatic rings. The molecular formula is C23H30N6. The summed E-state index contributed by atoms with van der Waals surface area (Å²) in [5, 5.41) is 3.34. The van der Waals surface area contributed by atoms with Crippen LogP contribution in [0, 0.1) is 6.92 Å². The lowest BCUT2D eigenvalue weighted by Gasteiger charge is -2.21. The third-order valence-electron chi connectivity index (χ3n) is 4.97. The van der Waals surface area contributed by atoms with E-state index in [1.54, 1.807) is 0 Å². The molecular weight excluding hydrogens is 360 g/mol. The van der Waals surface area contributed by atoms with Gasteiger partial charge in [0.05, 0.1) is 0 Å². The largest absolute Gasteiger partial charge is 0.372 e. The fourth-order valence-corrected chi connectivity index (χ4v) is 3.24. The first-order valence-electron chi connectivity index (χ1n) is 10.2. The van der Waals surface area contributed by atoms with Gasteiger partial charge >= 0.3 is 0 Å². The summed E-state index contributed by atoms with van der Waals surface area (Å²) in [6.45, 7) is 9.21. The molecule has 0 spiro atoms. The number of aromatic nitrogens is 3. The maximum absolute atomic E-state index is 4.71. The van der Waals surface area contributed by atoms with Crippen LogP contribution in [0.5, 0.6) is 0 Å². The number of rotatable bonds is 9. The number of hydrogen-bond acceptors (Lipinski definition) is 6. The van der Waals surface area contributed by atoms with Crippen molar-refractivity contribution in [3.8, 4) is 0 Å². The van der Waals surface area contributed by atoms with Crippen LogP contribution in [-0.4, -0.2) is 41.6 Å². The number of likely N-dealkylation sites (N-methyl/N-ethyl adjacent to an activating group) is 1. The zero-order chi connectivity index (χ0) is 20.6. The molecule has 2 heterocycles. The second-order valence-electron chi connectivity index (χ2n) is 7.06. The molecule has 0 atom stereocenters. The summed E-state index contributed by atoms with van der Waals surface area (Å²) in [6.07, 6.45) is 4.60. The zero-order valence-electron chi connectivity index (χ0n) is 17.8. The third kappa shape index (κ3) is 5.67. The first-order valence-corrected chi connectivity index (χ1v) is 10.2. The molecule has 0 saturated heterocycles. The lowest BCUT2D eigenvalue weighted by Crippen LogP contribution is -2.22. The van der Waals surface area contributed by atoms with Crippen molar-refractivity contribution >= 4 is 23.1 Å². The molecule has 0 aliphatic heterocycles. The molecule has 1 N–H and O–H groups in total. The molecule has 0 unspecified atom stereocenters. The van der Waals surface area contributed by atoms with Crippen molar-refractivity contribution in [2.75, 3.05) is 41.8 Å². The molecule has 0 amide bonds. The summed E-state index contributed by atoms with van der Waals surface area (Å²) < 4.78 is 0. The molecule has 0 aliphatic carbocycles. The summed E-state index contributed by atoms with van der Waals surface area (Å²) in [5.74, 6) is 1.53. The Morgan fingerprint density at radius 2 is 1.62 bits per heavy atom. The van der Waals surface area contributed by atoms with Crippen molar-refractivity contribution in [1.29, 1.82) is 0 Å². The van der Waals surface area contributed by atoms with Gasteiger partial charge in [-0.1, -0.05) is 0 Å². The number of nitrogens with zero attached hydrogens (tertiary/aromatic N) is 5. The van der Waals surface area contributed by atoms with Crippen molar-refractivity contribution in [1.82, 2.24) is 15.0 Å². The molecule has 1 aromatic carbocycles. The summed E-state index contributed by atoms with van der Waals surface area (Å²) in [6, 6.07) is 14.5. The molecule has 0 radical (unpaired) electrons. The zero-order valence-corrected chi connectivity index (χ0v) is 17.8. The number of aryl methyl sites for hydroxylation is 1. The van der Waals surface area contributed by atoms with Crippen LogP contribution in [0.2, 0.25) is 0 Å². The third-order valence-corrected chi connectivity index (χ3v) is 4.97. The van der Waals surface area contributed by atoms with Gasteiger partial charge in [0.25, 0.3) is 0 Å². The van der Waals surface area contributed by atoms with E-state index in [1.807, 2.05) is 37.5 Å². The van der Waals surface area contributed by atoms with Gasteiger partial charge in [-0.05, 0) is 69.2 Å². The number of nitrogens with one attached hydrogen (secondary N) is 1. The van der Waals surface area contributed by atoms with Gasteiger partial charge in [-0.2, -0.15) is 4.98 Å². The molecule has 0 aliphatic rings. The van der Waals surface area contributed by atoms with Gasteiger partial charge in [0.15, 0.2) is 0 Å². The Morgan fingerprint density at radius 1 is 0.931 bits per heavy atom. The van der Waals surface area contributed by atoms with Crippen molar-refractivity contribution in [3.63, 3.8) is 0 Å². The molecule has 0 bridgehead atoms. The average Bonchev–Trinajstić information content (AvgIpc) is 2.74. The fourth-order valence-electron chi connectivity index (χ4n) is 3.24. The lowest BCUT2D eigenvalue weighted by atomic mass is 10.2. The van der Waals surface area contributed by atoms with Crippen LogP contribution >= 0.6 is 0 Å². The highest BCUT2D eigenvalue weighted by atomic mass is 15.2. The predicted molar refractivity (Wildman–Crippen MR) is 121 cm³/mol. The van der Waals surface area contributed by atoms with Crippen LogP contribution in [0.3, 0.4) is 0 Å².